The highest BCUT2D eigenvalue weighted by atomic mass is 19.1. The molecule has 0 saturated carbocycles. The van der Waals surface area contributed by atoms with E-state index in [0.29, 0.717) is 19.4 Å². The van der Waals surface area contributed by atoms with Gasteiger partial charge >= 0.3 is 0 Å². The molecule has 1 saturated heterocycles. The molecule has 3 rings (SSSR count). The van der Waals surface area contributed by atoms with Gasteiger partial charge < -0.3 is 5.32 Å². The number of halogens is 1. The first kappa shape index (κ1) is 17.6. The van der Waals surface area contributed by atoms with Crippen molar-refractivity contribution in [3.63, 3.8) is 0 Å². The molecule has 0 aliphatic carbocycles. The summed E-state index contributed by atoms with van der Waals surface area (Å²) < 4.78 is 13.2. The molecule has 0 aromatic heterocycles. The molecule has 1 aliphatic heterocycles. The zero-order valence-corrected chi connectivity index (χ0v) is 14.5. The largest absolute Gasteiger partial charge is 0.352 e. The molecule has 25 heavy (non-hydrogen) atoms. The average molecular weight is 340 g/mol. The Kier molecular flexibility index (Phi) is 6.18. The number of carbonyl (C=O) groups is 1. The van der Waals surface area contributed by atoms with E-state index < -0.39 is 0 Å². The lowest BCUT2D eigenvalue weighted by atomic mass is 10.1. The van der Waals surface area contributed by atoms with Gasteiger partial charge in [0.1, 0.15) is 5.82 Å². The number of benzene rings is 2. The van der Waals surface area contributed by atoms with Crippen LogP contribution in [0.15, 0.2) is 48.5 Å². The number of likely N-dealkylation sites (tertiary alicyclic amines) is 1. The first-order valence-electron chi connectivity index (χ1n) is 9.01. The van der Waals surface area contributed by atoms with Crippen molar-refractivity contribution in [1.82, 2.24) is 10.2 Å². The summed E-state index contributed by atoms with van der Waals surface area (Å²) >= 11 is 0. The molecule has 0 spiro atoms. The van der Waals surface area contributed by atoms with E-state index in [4.69, 9.17) is 0 Å². The quantitative estimate of drug-likeness (QED) is 0.834. The maximum atomic E-state index is 13.2. The fraction of sp³-hybridized carbons (Fsp3) is 0.381. The summed E-state index contributed by atoms with van der Waals surface area (Å²) in [6, 6.07) is 14.7. The van der Waals surface area contributed by atoms with Crippen LogP contribution >= 0.6 is 0 Å². The number of hydrogen-bond donors (Lipinski definition) is 1. The van der Waals surface area contributed by atoms with Crippen LogP contribution in [0.3, 0.4) is 0 Å². The van der Waals surface area contributed by atoms with E-state index in [9.17, 15) is 9.18 Å². The van der Waals surface area contributed by atoms with E-state index in [0.717, 1.165) is 25.2 Å². The molecule has 0 radical (unpaired) electrons. The van der Waals surface area contributed by atoms with Gasteiger partial charge in [-0.2, -0.15) is 0 Å². The van der Waals surface area contributed by atoms with Gasteiger partial charge in [0.2, 0.25) is 5.91 Å². The smallest absolute Gasteiger partial charge is 0.220 e. The molecule has 3 nitrogen and oxygen atoms in total. The molecular formula is C21H25FN2O. The van der Waals surface area contributed by atoms with Gasteiger partial charge in [-0.3, -0.25) is 9.69 Å². The van der Waals surface area contributed by atoms with Crippen LogP contribution in [0.1, 0.15) is 36.0 Å². The van der Waals surface area contributed by atoms with Gasteiger partial charge in [-0.1, -0.05) is 36.4 Å². The maximum Gasteiger partial charge on any atom is 0.220 e. The van der Waals surface area contributed by atoms with E-state index in [1.54, 1.807) is 6.07 Å². The highest BCUT2D eigenvalue weighted by molar-refractivity contribution is 5.76. The van der Waals surface area contributed by atoms with Gasteiger partial charge in [0.25, 0.3) is 0 Å². The highest BCUT2D eigenvalue weighted by Crippen LogP contribution is 2.16. The number of nitrogens with zero attached hydrogens (tertiary/aromatic N) is 1. The third-order valence-corrected chi connectivity index (χ3v) is 4.72. The average Bonchev–Trinajstić information content (AvgIpc) is 3.12. The number of nitrogens with one attached hydrogen (secondary N) is 1. The Morgan fingerprint density at radius 1 is 1.04 bits per heavy atom. The van der Waals surface area contributed by atoms with Crippen molar-refractivity contribution in [2.75, 3.05) is 13.1 Å². The molecule has 4 heteroatoms. The number of hydrogen-bond acceptors (Lipinski definition) is 2. The molecular weight excluding hydrogens is 315 g/mol. The summed E-state index contributed by atoms with van der Waals surface area (Å²) in [6.07, 6.45) is 3.48. The Labute approximate surface area is 148 Å². The summed E-state index contributed by atoms with van der Waals surface area (Å²) in [4.78, 5) is 14.6. The van der Waals surface area contributed by atoms with Crippen LogP contribution in [-0.4, -0.2) is 23.9 Å². The molecule has 2 aromatic carbocycles. The first-order chi connectivity index (χ1) is 12.2. The summed E-state index contributed by atoms with van der Waals surface area (Å²) in [6.45, 7) is 3.82. The Bertz CT molecular complexity index is 711. The van der Waals surface area contributed by atoms with Crippen LogP contribution in [0.5, 0.6) is 0 Å². The van der Waals surface area contributed by atoms with Crippen molar-refractivity contribution in [1.29, 1.82) is 0 Å². The van der Waals surface area contributed by atoms with Crippen LogP contribution in [0.2, 0.25) is 0 Å². The summed E-state index contributed by atoms with van der Waals surface area (Å²) in [5, 5.41) is 3.00. The Balaban J connectivity index is 1.50. The fourth-order valence-electron chi connectivity index (χ4n) is 3.30. The van der Waals surface area contributed by atoms with Crippen molar-refractivity contribution in [2.45, 2.75) is 38.8 Å². The van der Waals surface area contributed by atoms with Crippen LogP contribution in [0.4, 0.5) is 4.39 Å². The normalized spacial score (nSPS) is 14.6. The van der Waals surface area contributed by atoms with E-state index in [1.807, 2.05) is 12.1 Å². The number of rotatable bonds is 7. The van der Waals surface area contributed by atoms with E-state index >= 15 is 0 Å². The maximum absolute atomic E-state index is 13.2. The second kappa shape index (κ2) is 8.77. The second-order valence-corrected chi connectivity index (χ2v) is 6.66. The highest BCUT2D eigenvalue weighted by Gasteiger charge is 2.13. The number of carbonyl (C=O) groups excluding carboxylic acids is 1. The van der Waals surface area contributed by atoms with Crippen molar-refractivity contribution in [2.24, 2.45) is 0 Å². The topological polar surface area (TPSA) is 32.3 Å². The zero-order chi connectivity index (χ0) is 17.5. The summed E-state index contributed by atoms with van der Waals surface area (Å²) in [5.41, 5.74) is 3.31. The molecule has 1 amide bonds. The predicted molar refractivity (Wildman–Crippen MR) is 97.5 cm³/mol. The lowest BCUT2D eigenvalue weighted by Crippen LogP contribution is -2.25. The van der Waals surface area contributed by atoms with Crippen molar-refractivity contribution in [3.05, 3.63) is 71.0 Å². The zero-order valence-electron chi connectivity index (χ0n) is 14.5. The molecule has 2 aromatic rings. The molecule has 132 valence electrons. The molecule has 0 bridgehead atoms. The predicted octanol–water partition coefficient (Wildman–Crippen LogP) is 3.67. The Morgan fingerprint density at radius 3 is 2.56 bits per heavy atom. The van der Waals surface area contributed by atoms with E-state index in [1.165, 1.54) is 36.1 Å². The van der Waals surface area contributed by atoms with Crippen molar-refractivity contribution < 1.29 is 9.18 Å². The number of aryl methyl sites for hydroxylation is 1. The van der Waals surface area contributed by atoms with Gasteiger partial charge in [-0.15, -0.1) is 0 Å². The minimum absolute atomic E-state index is 0.000219. The third-order valence-electron chi connectivity index (χ3n) is 4.72. The minimum atomic E-state index is -0.256. The molecule has 0 atom stereocenters. The van der Waals surface area contributed by atoms with E-state index in [-0.39, 0.29) is 11.7 Å². The van der Waals surface area contributed by atoms with Crippen molar-refractivity contribution in [3.8, 4) is 0 Å². The van der Waals surface area contributed by atoms with Gasteiger partial charge in [-0.25, -0.2) is 4.39 Å². The van der Waals surface area contributed by atoms with Crippen LogP contribution < -0.4 is 5.32 Å². The molecule has 0 unspecified atom stereocenters. The van der Waals surface area contributed by atoms with Gasteiger partial charge in [0, 0.05) is 19.5 Å². The summed E-state index contributed by atoms with van der Waals surface area (Å²) in [7, 11) is 0. The lowest BCUT2D eigenvalue weighted by Gasteiger charge is -2.17. The lowest BCUT2D eigenvalue weighted by molar-refractivity contribution is -0.121. The Morgan fingerprint density at radius 2 is 1.80 bits per heavy atom. The summed E-state index contributed by atoms with van der Waals surface area (Å²) in [5.74, 6) is -0.256. The SMILES string of the molecule is O=C(CCc1cccc(F)c1)NCc1ccccc1CN1CCCC1. The second-order valence-electron chi connectivity index (χ2n) is 6.66. The molecule has 1 heterocycles. The van der Waals surface area contributed by atoms with Crippen LogP contribution in [-0.2, 0) is 24.3 Å². The minimum Gasteiger partial charge on any atom is -0.352 e. The van der Waals surface area contributed by atoms with Gasteiger partial charge in [0.05, 0.1) is 0 Å². The molecule has 1 N–H and O–H groups in total. The molecule has 1 aliphatic rings. The van der Waals surface area contributed by atoms with Crippen molar-refractivity contribution >= 4 is 5.91 Å². The van der Waals surface area contributed by atoms with E-state index in [2.05, 4.69) is 28.4 Å². The molecule has 1 fully saturated rings. The van der Waals surface area contributed by atoms with Crippen LogP contribution in [0.25, 0.3) is 0 Å². The monoisotopic (exact) mass is 340 g/mol. The first-order valence-corrected chi connectivity index (χ1v) is 9.01. The fourth-order valence-corrected chi connectivity index (χ4v) is 3.30. The van der Waals surface area contributed by atoms with Gasteiger partial charge in [0.15, 0.2) is 0 Å². The third kappa shape index (κ3) is 5.40. The van der Waals surface area contributed by atoms with Crippen LogP contribution in [0, 0.1) is 5.82 Å². The van der Waals surface area contributed by atoms with Gasteiger partial charge in [-0.05, 0) is 61.2 Å². The Hall–Kier alpha value is -2.20. The number of amides is 1. The standard InChI is InChI=1S/C21H25FN2O/c22-20-9-5-6-17(14-20)10-11-21(25)23-15-18-7-1-2-8-19(18)16-24-12-3-4-13-24/h1-2,5-9,14H,3-4,10-13,15-16H2,(H,23,25).